The largest absolute Gasteiger partial charge is 0.466 e. The van der Waals surface area contributed by atoms with E-state index < -0.39 is 0 Å². The lowest BCUT2D eigenvalue weighted by atomic mass is 10.2. The Hall–Kier alpha value is -2.70. The first-order valence-electron chi connectivity index (χ1n) is 8.20. The maximum Gasteiger partial charge on any atom is 0.311 e. The molecule has 0 amide bonds. The maximum atomic E-state index is 12.6. The van der Waals surface area contributed by atoms with Crippen LogP contribution >= 0.6 is 23.1 Å². The summed E-state index contributed by atoms with van der Waals surface area (Å²) in [6.45, 7) is 2.05. The highest BCUT2D eigenvalue weighted by Gasteiger charge is 2.13. The van der Waals surface area contributed by atoms with E-state index in [0.717, 1.165) is 4.34 Å². The molecule has 138 valence electrons. The Labute approximate surface area is 163 Å². The van der Waals surface area contributed by atoms with Crippen LogP contribution in [0.15, 0.2) is 38.8 Å². The van der Waals surface area contributed by atoms with E-state index in [4.69, 9.17) is 10.00 Å². The van der Waals surface area contributed by atoms with Gasteiger partial charge in [0.1, 0.15) is 12.4 Å². The van der Waals surface area contributed by atoms with Gasteiger partial charge in [0.25, 0.3) is 5.56 Å². The van der Waals surface area contributed by atoms with Gasteiger partial charge in [-0.1, -0.05) is 23.9 Å². The summed E-state index contributed by atoms with van der Waals surface area (Å²) in [5.41, 5.74) is 1.04. The highest BCUT2D eigenvalue weighted by molar-refractivity contribution is 8.00. The number of aromatic nitrogens is 3. The molecule has 3 aromatic rings. The number of para-hydroxylation sites is 1. The van der Waals surface area contributed by atoms with Crippen molar-refractivity contribution >= 4 is 40.0 Å². The molecule has 0 saturated heterocycles. The summed E-state index contributed by atoms with van der Waals surface area (Å²) in [5, 5.41) is 11.4. The molecule has 7 nitrogen and oxygen atoms in total. The minimum Gasteiger partial charge on any atom is -0.466 e. The third-order valence-corrected chi connectivity index (χ3v) is 5.72. The van der Waals surface area contributed by atoms with Gasteiger partial charge >= 0.3 is 5.97 Å². The summed E-state index contributed by atoms with van der Waals surface area (Å²) in [6, 6.07) is 9.10. The number of hydrogen-bond donors (Lipinski definition) is 0. The molecule has 1 aromatic carbocycles. The van der Waals surface area contributed by atoms with Gasteiger partial charge < -0.3 is 4.74 Å². The van der Waals surface area contributed by atoms with Crippen LogP contribution in [0.3, 0.4) is 0 Å². The van der Waals surface area contributed by atoms with Crippen molar-refractivity contribution in [3.63, 3.8) is 0 Å². The Morgan fingerprint density at radius 1 is 1.37 bits per heavy atom. The monoisotopic (exact) mass is 400 g/mol. The molecule has 0 saturated carbocycles. The fraction of sp³-hybridized carbons (Fsp3) is 0.278. The number of nitrogens with zero attached hydrogens (tertiary/aromatic N) is 4. The Morgan fingerprint density at radius 2 is 2.19 bits per heavy atom. The Morgan fingerprint density at radius 3 is 2.96 bits per heavy atom. The lowest BCUT2D eigenvalue weighted by Gasteiger charge is -2.09. The smallest absolute Gasteiger partial charge is 0.311 e. The van der Waals surface area contributed by atoms with Crippen molar-refractivity contribution in [3.05, 3.63) is 51.5 Å². The summed E-state index contributed by atoms with van der Waals surface area (Å²) in [7, 11) is 0. The summed E-state index contributed by atoms with van der Waals surface area (Å²) in [4.78, 5) is 33.1. The zero-order chi connectivity index (χ0) is 19.2. The molecule has 2 heterocycles. The summed E-state index contributed by atoms with van der Waals surface area (Å²) in [5.74, 6) is 0.611. The van der Waals surface area contributed by atoms with Gasteiger partial charge in [0.2, 0.25) is 0 Å². The second-order valence-corrected chi connectivity index (χ2v) is 7.55. The zero-order valence-electron chi connectivity index (χ0n) is 14.5. The van der Waals surface area contributed by atoms with Gasteiger partial charge in [-0.3, -0.25) is 14.2 Å². The topological polar surface area (TPSA) is 97.9 Å². The second kappa shape index (κ2) is 8.79. The first-order valence-corrected chi connectivity index (χ1v) is 10.1. The van der Waals surface area contributed by atoms with Crippen molar-refractivity contribution < 1.29 is 9.53 Å². The normalized spacial score (nSPS) is 10.7. The van der Waals surface area contributed by atoms with Crippen LogP contribution in [-0.4, -0.2) is 27.1 Å². The first-order chi connectivity index (χ1) is 13.1. The van der Waals surface area contributed by atoms with Crippen molar-refractivity contribution in [2.75, 3.05) is 6.61 Å². The zero-order valence-corrected chi connectivity index (χ0v) is 16.2. The maximum absolute atomic E-state index is 12.6. The number of benzene rings is 1. The lowest BCUT2D eigenvalue weighted by molar-refractivity contribution is -0.142. The van der Waals surface area contributed by atoms with Crippen LogP contribution in [0.5, 0.6) is 0 Å². The Balaban J connectivity index is 1.80. The molecule has 0 atom stereocenters. The van der Waals surface area contributed by atoms with Crippen LogP contribution in [0.2, 0.25) is 0 Å². The molecule has 0 N–H and O–H groups in total. The molecule has 0 radical (unpaired) electrons. The van der Waals surface area contributed by atoms with Gasteiger partial charge in [-0.25, -0.2) is 9.97 Å². The molecule has 0 bridgehead atoms. The van der Waals surface area contributed by atoms with E-state index in [2.05, 4.69) is 9.97 Å². The van der Waals surface area contributed by atoms with Crippen molar-refractivity contribution in [2.24, 2.45) is 0 Å². The van der Waals surface area contributed by atoms with Crippen LogP contribution in [0.25, 0.3) is 10.9 Å². The number of hydrogen-bond acceptors (Lipinski definition) is 8. The van der Waals surface area contributed by atoms with Crippen LogP contribution in [0.4, 0.5) is 0 Å². The van der Waals surface area contributed by atoms with E-state index in [9.17, 15) is 9.59 Å². The van der Waals surface area contributed by atoms with Crippen LogP contribution in [0.1, 0.15) is 18.4 Å². The SMILES string of the molecule is CCOC(=O)Cc1csc(SCc2nc3ccccc3c(=O)n2CC#N)n1. The third kappa shape index (κ3) is 4.53. The summed E-state index contributed by atoms with van der Waals surface area (Å²) < 4.78 is 7.08. The van der Waals surface area contributed by atoms with Crippen molar-refractivity contribution in [1.82, 2.24) is 14.5 Å². The van der Waals surface area contributed by atoms with Crippen LogP contribution in [-0.2, 0) is 28.2 Å². The van der Waals surface area contributed by atoms with Gasteiger partial charge in [0.15, 0.2) is 4.34 Å². The number of fused-ring (bicyclic) bond motifs is 1. The quantitative estimate of drug-likeness (QED) is 0.444. The summed E-state index contributed by atoms with van der Waals surface area (Å²) >= 11 is 2.84. The molecule has 0 unspecified atom stereocenters. The van der Waals surface area contributed by atoms with E-state index in [0.29, 0.717) is 34.8 Å². The molecule has 0 aliphatic rings. The molecule has 3 rings (SSSR count). The predicted octanol–water partition coefficient (Wildman–Crippen LogP) is 2.77. The Bertz CT molecular complexity index is 1070. The number of ether oxygens (including phenoxy) is 1. The highest BCUT2D eigenvalue weighted by Crippen LogP contribution is 2.26. The van der Waals surface area contributed by atoms with Crippen molar-refractivity contribution in [3.8, 4) is 6.07 Å². The standard InChI is InChI=1S/C18H16N4O3S2/c1-2-25-16(23)9-12-10-26-18(20-12)27-11-15-21-14-6-4-3-5-13(14)17(24)22(15)8-7-19/h3-6,10H,2,8-9,11H2,1H3. The molecule has 0 aliphatic heterocycles. The second-order valence-electron chi connectivity index (χ2n) is 5.47. The number of thiazole rings is 1. The van der Waals surface area contributed by atoms with Crippen molar-refractivity contribution in [1.29, 1.82) is 5.26 Å². The molecule has 0 aliphatic carbocycles. The fourth-order valence-corrected chi connectivity index (χ4v) is 4.27. The van der Waals surface area contributed by atoms with E-state index in [-0.39, 0.29) is 24.5 Å². The number of rotatable bonds is 7. The average Bonchev–Trinajstić information content (AvgIpc) is 3.10. The van der Waals surface area contributed by atoms with Gasteiger partial charge in [0.05, 0.1) is 41.4 Å². The first kappa shape index (κ1) is 19.1. The van der Waals surface area contributed by atoms with Crippen LogP contribution in [0, 0.1) is 11.3 Å². The minimum atomic E-state index is -0.307. The number of nitriles is 1. The van der Waals surface area contributed by atoms with Gasteiger partial charge in [0, 0.05) is 5.38 Å². The Kier molecular flexibility index (Phi) is 6.21. The molecule has 2 aromatic heterocycles. The lowest BCUT2D eigenvalue weighted by Crippen LogP contribution is -2.24. The number of carbonyl (C=O) groups is 1. The number of esters is 1. The molecule has 27 heavy (non-hydrogen) atoms. The van der Waals surface area contributed by atoms with Crippen LogP contribution < -0.4 is 5.56 Å². The highest BCUT2D eigenvalue weighted by atomic mass is 32.2. The molecule has 9 heteroatoms. The van der Waals surface area contributed by atoms with Gasteiger partial charge in [-0.05, 0) is 19.1 Å². The van der Waals surface area contributed by atoms with Gasteiger partial charge in [-0.15, -0.1) is 11.3 Å². The number of thioether (sulfide) groups is 1. The number of carbonyl (C=O) groups excluding carboxylic acids is 1. The van der Waals surface area contributed by atoms with Gasteiger partial charge in [-0.2, -0.15) is 5.26 Å². The van der Waals surface area contributed by atoms with Crippen molar-refractivity contribution in [2.45, 2.75) is 30.0 Å². The predicted molar refractivity (Wildman–Crippen MR) is 104 cm³/mol. The molecular formula is C18H16N4O3S2. The van der Waals surface area contributed by atoms with E-state index in [1.54, 1.807) is 25.1 Å². The molecular weight excluding hydrogens is 384 g/mol. The van der Waals surface area contributed by atoms with E-state index in [1.165, 1.54) is 27.7 Å². The fourth-order valence-electron chi connectivity index (χ4n) is 2.48. The third-order valence-electron chi connectivity index (χ3n) is 3.66. The van der Waals surface area contributed by atoms with E-state index in [1.807, 2.05) is 17.5 Å². The average molecular weight is 400 g/mol. The van der Waals surface area contributed by atoms with E-state index >= 15 is 0 Å². The molecule has 0 fully saturated rings. The summed E-state index contributed by atoms with van der Waals surface area (Å²) in [6.07, 6.45) is 0.137. The minimum absolute atomic E-state index is 0.0570. The molecule has 0 spiro atoms.